The number of benzene rings is 1. The molecule has 5 nitrogen and oxygen atoms in total. The third-order valence-electron chi connectivity index (χ3n) is 1.94. The molecule has 0 aliphatic carbocycles. The maximum atomic E-state index is 10.5. The van der Waals surface area contributed by atoms with Crippen LogP contribution in [-0.2, 0) is 11.2 Å². The molecule has 0 aliphatic heterocycles. The predicted octanol–water partition coefficient (Wildman–Crippen LogP) is 2.38. The lowest BCUT2D eigenvalue weighted by Gasteiger charge is -2.07. The van der Waals surface area contributed by atoms with Crippen molar-refractivity contribution in [1.82, 2.24) is 0 Å². The van der Waals surface area contributed by atoms with E-state index in [2.05, 4.69) is 10.0 Å². The van der Waals surface area contributed by atoms with E-state index >= 15 is 0 Å². The fraction of sp³-hybridized carbons (Fsp3) is 0.300. The fourth-order valence-electron chi connectivity index (χ4n) is 1.31. The average molecular weight is 205 g/mol. The number of rotatable bonds is 5. The van der Waals surface area contributed by atoms with Gasteiger partial charge >= 0.3 is 5.97 Å². The highest BCUT2D eigenvalue weighted by atomic mass is 16.4. The van der Waals surface area contributed by atoms with E-state index < -0.39 is 12.0 Å². The molecule has 0 saturated heterocycles. The molecule has 0 aromatic heterocycles. The topological polar surface area (TPSA) is 86.1 Å². The number of azide groups is 1. The summed E-state index contributed by atoms with van der Waals surface area (Å²) < 4.78 is 0. The zero-order valence-corrected chi connectivity index (χ0v) is 8.08. The van der Waals surface area contributed by atoms with Crippen LogP contribution in [0.4, 0.5) is 0 Å². The van der Waals surface area contributed by atoms with Gasteiger partial charge in [0.1, 0.15) is 0 Å². The van der Waals surface area contributed by atoms with Gasteiger partial charge < -0.3 is 5.11 Å². The Balaban J connectivity index is 2.66. The first kappa shape index (κ1) is 11.1. The van der Waals surface area contributed by atoms with Crippen LogP contribution in [0, 0.1) is 0 Å². The number of hydrogen-bond donors (Lipinski definition) is 1. The molecule has 1 atom stereocenters. The SMILES string of the molecule is [N-]=[N+]=NC(CC(=O)O)Cc1ccccc1. The Labute approximate surface area is 87.0 Å². The van der Waals surface area contributed by atoms with Crippen LogP contribution in [0.25, 0.3) is 10.4 Å². The van der Waals surface area contributed by atoms with E-state index in [1.54, 1.807) is 0 Å². The van der Waals surface area contributed by atoms with Gasteiger partial charge in [-0.1, -0.05) is 35.4 Å². The highest BCUT2D eigenvalue weighted by Gasteiger charge is 2.11. The number of carbonyl (C=O) groups is 1. The van der Waals surface area contributed by atoms with E-state index in [-0.39, 0.29) is 6.42 Å². The molecule has 0 amide bonds. The Hall–Kier alpha value is -2.00. The summed E-state index contributed by atoms with van der Waals surface area (Å²) in [6.45, 7) is 0. The second kappa shape index (κ2) is 5.67. The fourth-order valence-corrected chi connectivity index (χ4v) is 1.31. The molecule has 0 heterocycles. The van der Waals surface area contributed by atoms with Gasteiger partial charge in [0, 0.05) is 4.91 Å². The normalized spacial score (nSPS) is 11.5. The van der Waals surface area contributed by atoms with Crippen molar-refractivity contribution in [1.29, 1.82) is 0 Å². The Morgan fingerprint density at radius 2 is 2.13 bits per heavy atom. The van der Waals surface area contributed by atoms with E-state index in [1.807, 2.05) is 30.3 Å². The smallest absolute Gasteiger partial charge is 0.303 e. The maximum Gasteiger partial charge on any atom is 0.303 e. The standard InChI is InChI=1S/C10H11N3O2/c11-13-12-9(7-10(14)15)6-8-4-2-1-3-5-8/h1-5,9H,6-7H2,(H,14,15). The molecule has 78 valence electrons. The maximum absolute atomic E-state index is 10.5. The lowest BCUT2D eigenvalue weighted by molar-refractivity contribution is -0.137. The van der Waals surface area contributed by atoms with Crippen LogP contribution < -0.4 is 0 Å². The van der Waals surface area contributed by atoms with Gasteiger partial charge in [0.25, 0.3) is 0 Å². The van der Waals surface area contributed by atoms with Crippen molar-refractivity contribution in [2.75, 3.05) is 0 Å². The average Bonchev–Trinajstić information content (AvgIpc) is 2.18. The summed E-state index contributed by atoms with van der Waals surface area (Å²) in [7, 11) is 0. The Morgan fingerprint density at radius 3 is 2.67 bits per heavy atom. The van der Waals surface area contributed by atoms with Crippen LogP contribution in [0.2, 0.25) is 0 Å². The molecule has 0 saturated carbocycles. The van der Waals surface area contributed by atoms with Gasteiger partial charge in [0.05, 0.1) is 12.5 Å². The van der Waals surface area contributed by atoms with Gasteiger partial charge in [0.2, 0.25) is 0 Å². The molecule has 0 aliphatic rings. The Kier molecular flexibility index (Phi) is 4.19. The van der Waals surface area contributed by atoms with Gasteiger partial charge in [-0.15, -0.1) is 0 Å². The first-order valence-electron chi connectivity index (χ1n) is 4.52. The molecule has 0 spiro atoms. The van der Waals surface area contributed by atoms with Crippen LogP contribution in [0.15, 0.2) is 35.4 Å². The zero-order valence-electron chi connectivity index (χ0n) is 8.08. The van der Waals surface area contributed by atoms with Gasteiger partial charge in [-0.2, -0.15) is 0 Å². The van der Waals surface area contributed by atoms with E-state index in [0.29, 0.717) is 6.42 Å². The highest BCUT2D eigenvalue weighted by molar-refractivity contribution is 5.67. The molecular weight excluding hydrogens is 194 g/mol. The number of hydrogen-bond acceptors (Lipinski definition) is 2. The third-order valence-corrected chi connectivity index (χ3v) is 1.94. The van der Waals surface area contributed by atoms with E-state index in [0.717, 1.165) is 5.56 Å². The van der Waals surface area contributed by atoms with Gasteiger partial charge in [-0.25, -0.2) is 0 Å². The first-order chi connectivity index (χ1) is 7.22. The van der Waals surface area contributed by atoms with Crippen LogP contribution in [-0.4, -0.2) is 17.1 Å². The number of nitrogens with zero attached hydrogens (tertiary/aromatic N) is 3. The van der Waals surface area contributed by atoms with E-state index in [4.69, 9.17) is 10.6 Å². The lowest BCUT2D eigenvalue weighted by Crippen LogP contribution is -2.13. The van der Waals surface area contributed by atoms with Crippen LogP contribution >= 0.6 is 0 Å². The molecular formula is C10H11N3O2. The molecule has 1 rings (SSSR count). The molecule has 0 fully saturated rings. The molecule has 1 aromatic carbocycles. The largest absolute Gasteiger partial charge is 0.481 e. The second-order valence-corrected chi connectivity index (χ2v) is 3.15. The summed E-state index contributed by atoms with van der Waals surface area (Å²) in [6, 6.07) is 8.84. The van der Waals surface area contributed by atoms with Gasteiger partial charge in [0.15, 0.2) is 0 Å². The summed E-state index contributed by atoms with van der Waals surface area (Å²) >= 11 is 0. The summed E-state index contributed by atoms with van der Waals surface area (Å²) in [5.74, 6) is -0.955. The Morgan fingerprint density at radius 1 is 1.47 bits per heavy atom. The Bertz CT molecular complexity index is 372. The molecule has 5 heteroatoms. The van der Waals surface area contributed by atoms with Gasteiger partial charge in [-0.3, -0.25) is 4.79 Å². The second-order valence-electron chi connectivity index (χ2n) is 3.15. The first-order valence-corrected chi connectivity index (χ1v) is 4.52. The summed E-state index contributed by atoms with van der Waals surface area (Å²) in [5.41, 5.74) is 9.26. The minimum absolute atomic E-state index is 0.140. The summed E-state index contributed by atoms with van der Waals surface area (Å²) in [5, 5.41) is 12.1. The van der Waals surface area contributed by atoms with Gasteiger partial charge in [-0.05, 0) is 17.5 Å². The van der Waals surface area contributed by atoms with E-state index in [1.165, 1.54) is 0 Å². The molecule has 1 N–H and O–H groups in total. The molecule has 0 radical (unpaired) electrons. The summed E-state index contributed by atoms with van der Waals surface area (Å²) in [4.78, 5) is 13.1. The van der Waals surface area contributed by atoms with Crippen molar-refractivity contribution >= 4 is 5.97 Å². The number of aliphatic carboxylic acids is 1. The third kappa shape index (κ3) is 4.15. The van der Waals surface area contributed by atoms with Crippen LogP contribution in [0.3, 0.4) is 0 Å². The van der Waals surface area contributed by atoms with Crippen molar-refractivity contribution in [3.8, 4) is 0 Å². The molecule has 1 aromatic rings. The van der Waals surface area contributed by atoms with E-state index in [9.17, 15) is 4.79 Å². The monoisotopic (exact) mass is 205 g/mol. The van der Waals surface area contributed by atoms with Crippen molar-refractivity contribution < 1.29 is 9.90 Å². The molecule has 1 unspecified atom stereocenters. The molecule has 15 heavy (non-hydrogen) atoms. The predicted molar refractivity (Wildman–Crippen MR) is 55.3 cm³/mol. The van der Waals surface area contributed by atoms with Crippen LogP contribution in [0.5, 0.6) is 0 Å². The van der Waals surface area contributed by atoms with Crippen LogP contribution in [0.1, 0.15) is 12.0 Å². The zero-order chi connectivity index (χ0) is 11.1. The minimum atomic E-state index is -0.955. The number of carboxylic acids is 1. The van der Waals surface area contributed by atoms with Crippen molar-refractivity contribution in [2.24, 2.45) is 5.11 Å². The van der Waals surface area contributed by atoms with Crippen molar-refractivity contribution in [3.63, 3.8) is 0 Å². The lowest BCUT2D eigenvalue weighted by atomic mass is 10.0. The van der Waals surface area contributed by atoms with Crippen molar-refractivity contribution in [3.05, 3.63) is 46.3 Å². The highest BCUT2D eigenvalue weighted by Crippen LogP contribution is 2.09. The molecule has 0 bridgehead atoms. The van der Waals surface area contributed by atoms with Crippen molar-refractivity contribution in [2.45, 2.75) is 18.9 Å². The summed E-state index contributed by atoms with van der Waals surface area (Å²) in [6.07, 6.45) is 0.316. The quantitative estimate of drug-likeness (QED) is 0.454. The number of carboxylic acid groups (broad SMARTS) is 1. The minimum Gasteiger partial charge on any atom is -0.481 e.